The molecule has 0 unspecified atom stereocenters. The largest absolute Gasteiger partial charge is 0.494 e. The first-order valence-corrected chi connectivity index (χ1v) is 7.86. The highest BCUT2D eigenvalue weighted by Crippen LogP contribution is 2.27. The summed E-state index contributed by atoms with van der Waals surface area (Å²) in [4.78, 5) is 9.65. The molecule has 2 rings (SSSR count). The van der Waals surface area contributed by atoms with Crippen LogP contribution in [0.1, 0.15) is 26.0 Å². The summed E-state index contributed by atoms with van der Waals surface area (Å²) in [6.45, 7) is 7.04. The first-order valence-electron chi connectivity index (χ1n) is 7.05. The van der Waals surface area contributed by atoms with E-state index >= 15 is 0 Å². The molecule has 0 saturated heterocycles. The van der Waals surface area contributed by atoms with E-state index in [9.17, 15) is 0 Å². The van der Waals surface area contributed by atoms with Gasteiger partial charge in [0.1, 0.15) is 11.6 Å². The van der Waals surface area contributed by atoms with Gasteiger partial charge in [-0.15, -0.1) is 0 Å². The van der Waals surface area contributed by atoms with Crippen molar-refractivity contribution in [3.8, 4) is 5.75 Å². The van der Waals surface area contributed by atoms with Crippen LogP contribution < -0.4 is 10.5 Å². The predicted octanol–water partition coefficient (Wildman–Crippen LogP) is 3.94. The molecule has 1 aromatic heterocycles. The van der Waals surface area contributed by atoms with Crippen molar-refractivity contribution in [3.05, 3.63) is 36.0 Å². The summed E-state index contributed by atoms with van der Waals surface area (Å²) in [6, 6.07) is 9.73. The number of rotatable bonds is 6. The van der Waals surface area contributed by atoms with Crippen molar-refractivity contribution in [2.24, 2.45) is 5.92 Å². The Kier molecular flexibility index (Phi) is 5.44. The third-order valence-electron chi connectivity index (χ3n) is 2.85. The first kappa shape index (κ1) is 15.6. The van der Waals surface area contributed by atoms with Gasteiger partial charge in [-0.3, -0.25) is 0 Å². The predicted molar refractivity (Wildman–Crippen MR) is 86.7 cm³/mol. The van der Waals surface area contributed by atoms with E-state index in [4.69, 9.17) is 10.5 Å². The number of nitrogens with two attached hydrogens (primary N) is 1. The molecule has 0 aliphatic heterocycles. The molecule has 1 heterocycles. The van der Waals surface area contributed by atoms with Crippen LogP contribution in [0, 0.1) is 12.8 Å². The van der Waals surface area contributed by atoms with Crippen LogP contribution in [0.15, 0.2) is 40.4 Å². The maximum atomic E-state index is 5.73. The van der Waals surface area contributed by atoms with Crippen LogP contribution in [-0.4, -0.2) is 16.6 Å². The number of ether oxygens (including phenoxy) is 1. The second-order valence-corrected chi connectivity index (χ2v) is 6.36. The molecule has 5 heteroatoms. The lowest BCUT2D eigenvalue weighted by Crippen LogP contribution is -2.01. The molecule has 21 heavy (non-hydrogen) atoms. The number of anilines is 1. The Hall–Kier alpha value is -1.75. The van der Waals surface area contributed by atoms with Crippen molar-refractivity contribution in [1.82, 2.24) is 9.97 Å². The molecule has 2 N–H and O–H groups in total. The monoisotopic (exact) mass is 303 g/mol. The van der Waals surface area contributed by atoms with E-state index in [1.165, 1.54) is 11.8 Å². The maximum absolute atomic E-state index is 5.73. The van der Waals surface area contributed by atoms with Crippen molar-refractivity contribution in [2.45, 2.75) is 37.2 Å². The van der Waals surface area contributed by atoms with Crippen molar-refractivity contribution >= 4 is 17.6 Å². The van der Waals surface area contributed by atoms with Gasteiger partial charge in [-0.25, -0.2) is 9.97 Å². The molecule has 0 atom stereocenters. The number of aromatic nitrogens is 2. The van der Waals surface area contributed by atoms with Crippen LogP contribution >= 0.6 is 11.8 Å². The highest BCUT2D eigenvalue weighted by molar-refractivity contribution is 7.99. The van der Waals surface area contributed by atoms with Gasteiger partial charge in [0.25, 0.3) is 0 Å². The van der Waals surface area contributed by atoms with Crippen molar-refractivity contribution < 1.29 is 4.74 Å². The Morgan fingerprint density at radius 3 is 2.52 bits per heavy atom. The molecule has 0 saturated carbocycles. The highest BCUT2D eigenvalue weighted by Gasteiger charge is 2.04. The second kappa shape index (κ2) is 7.31. The topological polar surface area (TPSA) is 61.0 Å². The Balaban J connectivity index is 1.95. The fraction of sp³-hybridized carbons (Fsp3) is 0.375. The van der Waals surface area contributed by atoms with Crippen LogP contribution in [0.2, 0.25) is 0 Å². The lowest BCUT2D eigenvalue weighted by Gasteiger charge is -2.08. The minimum atomic E-state index is 0.499. The van der Waals surface area contributed by atoms with Crippen LogP contribution in [0.4, 0.5) is 5.82 Å². The first-order chi connectivity index (χ1) is 10.0. The molecule has 0 amide bonds. The summed E-state index contributed by atoms with van der Waals surface area (Å²) in [5.41, 5.74) is 6.61. The van der Waals surface area contributed by atoms with Gasteiger partial charge in [0.2, 0.25) is 0 Å². The van der Waals surface area contributed by atoms with Crippen LogP contribution in [0.3, 0.4) is 0 Å². The molecule has 112 valence electrons. The van der Waals surface area contributed by atoms with Gasteiger partial charge in [-0.1, -0.05) is 13.8 Å². The fourth-order valence-electron chi connectivity index (χ4n) is 1.73. The lowest BCUT2D eigenvalue weighted by molar-refractivity contribution is 0.289. The van der Waals surface area contributed by atoms with Gasteiger partial charge >= 0.3 is 0 Å². The van der Waals surface area contributed by atoms with Crippen molar-refractivity contribution in [1.29, 1.82) is 0 Å². The molecular formula is C16H21N3OS. The number of hydrogen-bond acceptors (Lipinski definition) is 5. The van der Waals surface area contributed by atoms with Crippen LogP contribution in [0.25, 0.3) is 0 Å². The fourth-order valence-corrected chi connectivity index (χ4v) is 2.56. The van der Waals surface area contributed by atoms with Gasteiger partial charge in [-0.2, -0.15) is 0 Å². The van der Waals surface area contributed by atoms with Gasteiger partial charge in [0, 0.05) is 16.7 Å². The van der Waals surface area contributed by atoms with Gasteiger partial charge < -0.3 is 10.5 Å². The molecule has 0 bridgehead atoms. The molecule has 2 aromatic rings. The normalized spacial score (nSPS) is 10.9. The van der Waals surface area contributed by atoms with E-state index in [0.717, 1.165) is 29.4 Å². The number of nitrogen functional groups attached to an aromatic ring is 1. The van der Waals surface area contributed by atoms with E-state index in [0.29, 0.717) is 16.9 Å². The zero-order valence-electron chi connectivity index (χ0n) is 12.7. The minimum Gasteiger partial charge on any atom is -0.494 e. The van der Waals surface area contributed by atoms with Crippen molar-refractivity contribution in [3.63, 3.8) is 0 Å². The molecular weight excluding hydrogens is 282 g/mol. The second-order valence-electron chi connectivity index (χ2n) is 5.32. The van der Waals surface area contributed by atoms with Crippen LogP contribution in [-0.2, 0) is 0 Å². The molecule has 0 aliphatic rings. The van der Waals surface area contributed by atoms with Gasteiger partial charge in [0.05, 0.1) is 6.61 Å². The molecule has 1 aromatic carbocycles. The molecule has 0 radical (unpaired) electrons. The number of benzene rings is 1. The number of nitrogens with zero attached hydrogens (tertiary/aromatic N) is 2. The maximum Gasteiger partial charge on any atom is 0.194 e. The summed E-state index contributed by atoms with van der Waals surface area (Å²) in [6.07, 6.45) is 1.06. The van der Waals surface area contributed by atoms with Gasteiger partial charge in [-0.05, 0) is 55.3 Å². The van der Waals surface area contributed by atoms with Crippen molar-refractivity contribution in [2.75, 3.05) is 12.3 Å². The van der Waals surface area contributed by atoms with E-state index in [-0.39, 0.29) is 0 Å². The Bertz CT molecular complexity index is 564. The zero-order chi connectivity index (χ0) is 15.2. The lowest BCUT2D eigenvalue weighted by atomic mass is 10.1. The SMILES string of the molecule is Cc1cc(N)nc(Sc2ccc(OCCC(C)C)cc2)n1. The standard InChI is InChI=1S/C16H21N3OS/c1-11(2)8-9-20-13-4-6-14(7-5-13)21-16-18-12(3)10-15(17)19-16/h4-7,10-11H,8-9H2,1-3H3,(H2,17,18,19). The number of hydrogen-bond donors (Lipinski definition) is 1. The summed E-state index contributed by atoms with van der Waals surface area (Å²) in [5, 5.41) is 0.668. The minimum absolute atomic E-state index is 0.499. The molecule has 4 nitrogen and oxygen atoms in total. The average Bonchev–Trinajstić information content (AvgIpc) is 2.39. The van der Waals surface area contributed by atoms with E-state index in [1.54, 1.807) is 6.07 Å². The summed E-state index contributed by atoms with van der Waals surface area (Å²) >= 11 is 1.50. The zero-order valence-corrected chi connectivity index (χ0v) is 13.5. The van der Waals surface area contributed by atoms with E-state index in [1.807, 2.05) is 31.2 Å². The quantitative estimate of drug-likeness (QED) is 0.819. The summed E-state index contributed by atoms with van der Waals surface area (Å²) in [5.74, 6) is 2.05. The molecule has 0 aliphatic carbocycles. The number of aryl methyl sites for hydroxylation is 1. The van der Waals surface area contributed by atoms with Gasteiger partial charge in [0.15, 0.2) is 5.16 Å². The smallest absolute Gasteiger partial charge is 0.194 e. The van der Waals surface area contributed by atoms with E-state index in [2.05, 4.69) is 23.8 Å². The third kappa shape index (κ3) is 5.27. The summed E-state index contributed by atoms with van der Waals surface area (Å²) < 4.78 is 5.70. The third-order valence-corrected chi connectivity index (χ3v) is 3.72. The van der Waals surface area contributed by atoms with Crippen LogP contribution in [0.5, 0.6) is 5.75 Å². The average molecular weight is 303 g/mol. The molecule has 0 spiro atoms. The Morgan fingerprint density at radius 1 is 1.19 bits per heavy atom. The Morgan fingerprint density at radius 2 is 1.90 bits per heavy atom. The highest BCUT2D eigenvalue weighted by atomic mass is 32.2. The summed E-state index contributed by atoms with van der Waals surface area (Å²) in [7, 11) is 0. The Labute approximate surface area is 130 Å². The van der Waals surface area contributed by atoms with E-state index < -0.39 is 0 Å². The molecule has 0 fully saturated rings.